The Morgan fingerprint density at radius 2 is 1.62 bits per heavy atom. The number of benzene rings is 1. The second-order valence-electron chi connectivity index (χ2n) is 5.42. The highest BCUT2D eigenvalue weighted by atomic mass is 16.4. The molecule has 0 radical (unpaired) electrons. The van der Waals surface area contributed by atoms with Crippen LogP contribution < -0.4 is 10.6 Å². The highest BCUT2D eigenvalue weighted by Crippen LogP contribution is 2.44. The Hall–Kier alpha value is -2.37. The molecule has 0 bridgehead atoms. The summed E-state index contributed by atoms with van der Waals surface area (Å²) < 4.78 is 0. The van der Waals surface area contributed by atoms with E-state index in [0.29, 0.717) is 24.2 Å². The Labute approximate surface area is 122 Å². The van der Waals surface area contributed by atoms with Gasteiger partial charge in [0.15, 0.2) is 0 Å². The minimum atomic E-state index is -0.898. The summed E-state index contributed by atoms with van der Waals surface area (Å²) in [5.74, 6) is -1.37. The molecule has 1 saturated carbocycles. The zero-order valence-corrected chi connectivity index (χ0v) is 11.8. The van der Waals surface area contributed by atoms with Crippen molar-refractivity contribution in [1.82, 2.24) is 0 Å². The van der Waals surface area contributed by atoms with Gasteiger partial charge in [-0.25, -0.2) is 0 Å². The second kappa shape index (κ2) is 5.95. The number of carboxylic acids is 1. The van der Waals surface area contributed by atoms with Crippen LogP contribution in [-0.4, -0.2) is 22.9 Å². The molecule has 0 aromatic heterocycles. The molecule has 0 heterocycles. The van der Waals surface area contributed by atoms with E-state index in [-0.39, 0.29) is 18.2 Å². The molecular formula is C15H18N2O4. The molecule has 1 aromatic rings. The zero-order chi connectivity index (χ0) is 15.5. The minimum absolute atomic E-state index is 0.00419. The van der Waals surface area contributed by atoms with Gasteiger partial charge < -0.3 is 15.7 Å². The van der Waals surface area contributed by atoms with Gasteiger partial charge in [0, 0.05) is 24.7 Å². The van der Waals surface area contributed by atoms with E-state index in [9.17, 15) is 19.5 Å². The summed E-state index contributed by atoms with van der Waals surface area (Å²) in [5, 5.41) is 14.5. The van der Waals surface area contributed by atoms with E-state index in [1.807, 2.05) is 0 Å². The van der Waals surface area contributed by atoms with Crippen LogP contribution in [0.4, 0.5) is 11.4 Å². The number of aliphatic carboxylic acids is 1. The molecule has 2 rings (SSSR count). The first-order valence-corrected chi connectivity index (χ1v) is 6.82. The maximum absolute atomic E-state index is 11.9. The second-order valence-corrected chi connectivity index (χ2v) is 5.42. The molecule has 112 valence electrons. The van der Waals surface area contributed by atoms with Crippen molar-refractivity contribution >= 4 is 29.2 Å². The van der Waals surface area contributed by atoms with Gasteiger partial charge >= 0.3 is 5.97 Å². The monoisotopic (exact) mass is 290 g/mol. The molecule has 1 fully saturated rings. The van der Waals surface area contributed by atoms with Crippen molar-refractivity contribution in [1.29, 1.82) is 0 Å². The summed E-state index contributed by atoms with van der Waals surface area (Å²) in [4.78, 5) is 34.1. The lowest BCUT2D eigenvalue weighted by Gasteiger charge is -2.36. The van der Waals surface area contributed by atoms with Gasteiger partial charge in [-0.05, 0) is 37.1 Å². The molecule has 0 atom stereocenters. The first-order valence-electron chi connectivity index (χ1n) is 6.82. The van der Waals surface area contributed by atoms with Gasteiger partial charge in [0.25, 0.3) is 0 Å². The largest absolute Gasteiger partial charge is 0.481 e. The van der Waals surface area contributed by atoms with Gasteiger partial charge in [0.1, 0.15) is 0 Å². The number of carboxylic acid groups (broad SMARTS) is 1. The van der Waals surface area contributed by atoms with Crippen LogP contribution in [0.2, 0.25) is 0 Å². The fourth-order valence-electron chi connectivity index (χ4n) is 2.42. The van der Waals surface area contributed by atoms with Crippen LogP contribution in [-0.2, 0) is 14.4 Å². The summed E-state index contributed by atoms with van der Waals surface area (Å²) in [6, 6.07) is 6.68. The number of hydrogen-bond donors (Lipinski definition) is 3. The Morgan fingerprint density at radius 1 is 1.10 bits per heavy atom. The van der Waals surface area contributed by atoms with Gasteiger partial charge in [-0.15, -0.1) is 0 Å². The van der Waals surface area contributed by atoms with E-state index in [1.165, 1.54) is 6.92 Å². The van der Waals surface area contributed by atoms with Gasteiger partial charge in [0.05, 0.1) is 5.41 Å². The summed E-state index contributed by atoms with van der Waals surface area (Å²) in [6.45, 7) is 1.42. The quantitative estimate of drug-likeness (QED) is 0.774. The van der Waals surface area contributed by atoms with E-state index in [1.54, 1.807) is 24.3 Å². The predicted octanol–water partition coefficient (Wildman–Crippen LogP) is 2.23. The lowest BCUT2D eigenvalue weighted by molar-refractivity contribution is -0.157. The average Bonchev–Trinajstić information content (AvgIpc) is 2.35. The lowest BCUT2D eigenvalue weighted by atomic mass is 9.66. The molecule has 1 aromatic carbocycles. The summed E-state index contributed by atoms with van der Waals surface area (Å²) in [6.07, 6.45) is 1.95. The van der Waals surface area contributed by atoms with E-state index < -0.39 is 11.4 Å². The molecule has 0 aliphatic heterocycles. The third kappa shape index (κ3) is 3.59. The number of rotatable bonds is 5. The molecule has 21 heavy (non-hydrogen) atoms. The molecule has 3 N–H and O–H groups in total. The molecule has 2 amide bonds. The average molecular weight is 290 g/mol. The standard InChI is InChI=1S/C15H18N2O4/c1-10(18)16-11-3-5-12(6-4-11)17-13(19)9-15(14(20)21)7-2-8-15/h3-6H,2,7-9H2,1H3,(H,16,18)(H,17,19)(H,20,21). The Morgan fingerprint density at radius 3 is 2.00 bits per heavy atom. The number of hydrogen-bond acceptors (Lipinski definition) is 3. The topological polar surface area (TPSA) is 95.5 Å². The van der Waals surface area contributed by atoms with Crippen molar-refractivity contribution in [2.24, 2.45) is 5.41 Å². The fourth-order valence-corrected chi connectivity index (χ4v) is 2.42. The summed E-state index contributed by atoms with van der Waals surface area (Å²) >= 11 is 0. The zero-order valence-electron chi connectivity index (χ0n) is 11.8. The van der Waals surface area contributed by atoms with Crippen LogP contribution in [0.1, 0.15) is 32.6 Å². The molecule has 0 unspecified atom stereocenters. The van der Waals surface area contributed by atoms with Gasteiger partial charge in [-0.1, -0.05) is 6.42 Å². The van der Waals surface area contributed by atoms with E-state index >= 15 is 0 Å². The number of nitrogens with one attached hydrogen (secondary N) is 2. The van der Waals surface area contributed by atoms with Crippen molar-refractivity contribution in [3.8, 4) is 0 Å². The highest BCUT2D eigenvalue weighted by molar-refractivity contribution is 5.95. The molecule has 1 aliphatic carbocycles. The highest BCUT2D eigenvalue weighted by Gasteiger charge is 2.45. The number of carbonyl (C=O) groups is 3. The smallest absolute Gasteiger partial charge is 0.310 e. The molecule has 6 heteroatoms. The summed E-state index contributed by atoms with van der Waals surface area (Å²) in [7, 11) is 0. The summed E-state index contributed by atoms with van der Waals surface area (Å²) in [5.41, 5.74) is 0.329. The molecular weight excluding hydrogens is 272 g/mol. The van der Waals surface area contributed by atoms with Crippen molar-refractivity contribution in [2.75, 3.05) is 10.6 Å². The third-order valence-corrected chi connectivity index (χ3v) is 3.75. The van der Waals surface area contributed by atoms with E-state index in [0.717, 1.165) is 6.42 Å². The van der Waals surface area contributed by atoms with Crippen LogP contribution >= 0.6 is 0 Å². The van der Waals surface area contributed by atoms with Crippen molar-refractivity contribution in [3.63, 3.8) is 0 Å². The van der Waals surface area contributed by atoms with Crippen LogP contribution in [0.25, 0.3) is 0 Å². The van der Waals surface area contributed by atoms with E-state index in [4.69, 9.17) is 0 Å². The number of anilines is 2. The minimum Gasteiger partial charge on any atom is -0.481 e. The maximum Gasteiger partial charge on any atom is 0.310 e. The Bertz CT molecular complexity index is 562. The lowest BCUT2D eigenvalue weighted by Crippen LogP contribution is -2.41. The van der Waals surface area contributed by atoms with Crippen LogP contribution in [0.3, 0.4) is 0 Å². The van der Waals surface area contributed by atoms with Gasteiger partial charge in [-0.3, -0.25) is 14.4 Å². The van der Waals surface area contributed by atoms with Crippen LogP contribution in [0.5, 0.6) is 0 Å². The normalized spacial score (nSPS) is 15.7. The molecule has 1 aliphatic rings. The first kappa shape index (κ1) is 15.0. The predicted molar refractivity (Wildman–Crippen MR) is 77.9 cm³/mol. The SMILES string of the molecule is CC(=O)Nc1ccc(NC(=O)CC2(C(=O)O)CCC2)cc1. The van der Waals surface area contributed by atoms with E-state index in [2.05, 4.69) is 10.6 Å². The van der Waals surface area contributed by atoms with Crippen molar-refractivity contribution in [3.05, 3.63) is 24.3 Å². The molecule has 0 spiro atoms. The first-order chi connectivity index (χ1) is 9.91. The van der Waals surface area contributed by atoms with Gasteiger partial charge in [-0.2, -0.15) is 0 Å². The Balaban J connectivity index is 1.93. The fraction of sp³-hybridized carbons (Fsp3) is 0.400. The van der Waals surface area contributed by atoms with Crippen molar-refractivity contribution < 1.29 is 19.5 Å². The third-order valence-electron chi connectivity index (χ3n) is 3.75. The van der Waals surface area contributed by atoms with Crippen LogP contribution in [0, 0.1) is 5.41 Å². The number of amides is 2. The van der Waals surface area contributed by atoms with Gasteiger partial charge in [0.2, 0.25) is 11.8 Å². The van der Waals surface area contributed by atoms with Crippen LogP contribution in [0.15, 0.2) is 24.3 Å². The molecule has 6 nitrogen and oxygen atoms in total. The van der Waals surface area contributed by atoms with Crippen molar-refractivity contribution in [2.45, 2.75) is 32.6 Å². The maximum atomic E-state index is 11.9. The molecule has 0 saturated heterocycles. The Kier molecular flexibility index (Phi) is 4.26. The number of carbonyl (C=O) groups excluding carboxylic acids is 2.